The van der Waals surface area contributed by atoms with E-state index in [1.807, 2.05) is 24.7 Å². The smallest absolute Gasteiger partial charge is 0.158 e. The number of aryl methyl sites for hydroxylation is 1. The van der Waals surface area contributed by atoms with E-state index < -0.39 is 0 Å². The molecule has 1 aliphatic heterocycles. The van der Waals surface area contributed by atoms with Gasteiger partial charge in [-0.1, -0.05) is 0 Å². The lowest BCUT2D eigenvalue weighted by Crippen LogP contribution is -2.20. The number of anilines is 2. The summed E-state index contributed by atoms with van der Waals surface area (Å²) in [5.41, 5.74) is 4.14. The number of fused-ring (bicyclic) bond motifs is 5. The van der Waals surface area contributed by atoms with Crippen molar-refractivity contribution in [1.29, 1.82) is 0 Å². The number of pyridine rings is 2. The Balaban J connectivity index is 2.06. The zero-order chi connectivity index (χ0) is 16.7. The van der Waals surface area contributed by atoms with Gasteiger partial charge in [0.15, 0.2) is 5.82 Å². The fourth-order valence-corrected chi connectivity index (χ4v) is 3.26. The van der Waals surface area contributed by atoms with E-state index >= 15 is 0 Å². The first kappa shape index (κ1) is 14.8. The molecule has 3 aromatic heterocycles. The highest BCUT2D eigenvalue weighted by Crippen LogP contribution is 2.41. The molecule has 122 valence electrons. The van der Waals surface area contributed by atoms with Crippen LogP contribution in [0.2, 0.25) is 0 Å². The van der Waals surface area contributed by atoms with Gasteiger partial charge in [0.2, 0.25) is 0 Å². The average molecular weight is 321 g/mol. The van der Waals surface area contributed by atoms with E-state index in [-0.39, 0.29) is 6.61 Å². The summed E-state index contributed by atoms with van der Waals surface area (Å²) in [6, 6.07) is 4.08. The molecule has 1 N–H and O–H groups in total. The number of aromatic nitrogens is 4. The molecular formula is C18H19N5O. The van der Waals surface area contributed by atoms with Gasteiger partial charge in [-0.2, -0.15) is 0 Å². The van der Waals surface area contributed by atoms with E-state index in [2.05, 4.69) is 44.3 Å². The Morgan fingerprint density at radius 1 is 1.12 bits per heavy atom. The molecule has 0 atom stereocenters. The Kier molecular flexibility index (Phi) is 3.54. The summed E-state index contributed by atoms with van der Waals surface area (Å²) in [6.45, 7) is 5.04. The third-order valence-electron chi connectivity index (χ3n) is 4.38. The number of aliphatic hydroxyl groups excluding tert-OH is 1. The summed E-state index contributed by atoms with van der Waals surface area (Å²) in [4.78, 5) is 16.0. The lowest BCUT2D eigenvalue weighted by atomic mass is 10.1. The molecule has 0 spiro atoms. The summed E-state index contributed by atoms with van der Waals surface area (Å²) in [5.74, 6) is 2.59. The van der Waals surface area contributed by atoms with Gasteiger partial charge in [0.1, 0.15) is 11.6 Å². The molecule has 6 nitrogen and oxygen atoms in total. The van der Waals surface area contributed by atoms with Crippen LogP contribution < -0.4 is 4.90 Å². The molecule has 1 aliphatic rings. The van der Waals surface area contributed by atoms with Crippen molar-refractivity contribution < 1.29 is 5.11 Å². The fourth-order valence-electron chi connectivity index (χ4n) is 3.26. The molecule has 4 heterocycles. The molecule has 4 rings (SSSR count). The molecule has 0 fully saturated rings. The van der Waals surface area contributed by atoms with Gasteiger partial charge in [-0.15, -0.1) is 0 Å². The monoisotopic (exact) mass is 321 g/mol. The maximum Gasteiger partial charge on any atom is 0.158 e. The van der Waals surface area contributed by atoms with E-state index in [4.69, 9.17) is 0 Å². The van der Waals surface area contributed by atoms with Crippen molar-refractivity contribution in [3.05, 3.63) is 48.0 Å². The minimum Gasteiger partial charge on any atom is -0.396 e. The predicted molar refractivity (Wildman–Crippen MR) is 92.8 cm³/mol. The number of aliphatic hydroxyl groups is 1. The second-order valence-electron chi connectivity index (χ2n) is 5.85. The maximum absolute atomic E-state index is 9.24. The number of imidazole rings is 1. The van der Waals surface area contributed by atoms with Crippen molar-refractivity contribution >= 4 is 11.6 Å². The van der Waals surface area contributed by atoms with E-state index in [0.717, 1.165) is 46.4 Å². The molecule has 0 aromatic carbocycles. The SMILES string of the molecule is CCN1c2ncc(CCO)cc2-c2nccn2-c2c(C)ccnc21. The molecule has 0 saturated carbocycles. The standard InChI is InChI=1S/C18H19N5O/c1-3-22-17-14(10-13(5-9-24)11-21-17)16-20-7-8-23(16)15-12(2)4-6-19-18(15)22/h4,6-8,10-11,24H,3,5,9H2,1-2H3. The molecule has 0 amide bonds. The van der Waals surface area contributed by atoms with Crippen molar-refractivity contribution in [1.82, 2.24) is 19.5 Å². The highest BCUT2D eigenvalue weighted by molar-refractivity contribution is 5.83. The topological polar surface area (TPSA) is 67.1 Å². The zero-order valence-corrected chi connectivity index (χ0v) is 13.8. The van der Waals surface area contributed by atoms with Crippen LogP contribution in [0.1, 0.15) is 18.1 Å². The van der Waals surface area contributed by atoms with Crippen LogP contribution in [0.5, 0.6) is 0 Å². The summed E-state index contributed by atoms with van der Waals surface area (Å²) < 4.78 is 2.08. The molecule has 0 bridgehead atoms. The summed E-state index contributed by atoms with van der Waals surface area (Å²) in [6.07, 6.45) is 8.00. The van der Waals surface area contributed by atoms with Gasteiger partial charge < -0.3 is 10.0 Å². The maximum atomic E-state index is 9.24. The number of rotatable bonds is 3. The molecular weight excluding hydrogens is 302 g/mol. The summed E-state index contributed by atoms with van der Waals surface area (Å²) in [5, 5.41) is 9.24. The Morgan fingerprint density at radius 3 is 2.79 bits per heavy atom. The highest BCUT2D eigenvalue weighted by Gasteiger charge is 2.27. The van der Waals surface area contributed by atoms with E-state index in [1.54, 1.807) is 6.20 Å². The van der Waals surface area contributed by atoms with Crippen LogP contribution in [-0.2, 0) is 6.42 Å². The molecule has 6 heteroatoms. The first-order chi connectivity index (χ1) is 11.7. The van der Waals surface area contributed by atoms with Crippen LogP contribution in [0, 0.1) is 6.92 Å². The number of hydrogen-bond acceptors (Lipinski definition) is 5. The van der Waals surface area contributed by atoms with Gasteiger partial charge in [0.25, 0.3) is 0 Å². The van der Waals surface area contributed by atoms with Gasteiger partial charge >= 0.3 is 0 Å². The van der Waals surface area contributed by atoms with E-state index in [1.165, 1.54) is 0 Å². The summed E-state index contributed by atoms with van der Waals surface area (Å²) >= 11 is 0. The Hall–Kier alpha value is -2.73. The third kappa shape index (κ3) is 2.11. The number of nitrogens with zero attached hydrogens (tertiary/aromatic N) is 5. The van der Waals surface area contributed by atoms with Gasteiger partial charge in [0, 0.05) is 37.9 Å². The van der Waals surface area contributed by atoms with Crippen LogP contribution in [-0.4, -0.2) is 37.8 Å². The van der Waals surface area contributed by atoms with Crippen LogP contribution >= 0.6 is 0 Å². The minimum absolute atomic E-state index is 0.104. The third-order valence-corrected chi connectivity index (χ3v) is 4.38. The van der Waals surface area contributed by atoms with Gasteiger partial charge in [0.05, 0.1) is 11.3 Å². The molecule has 3 aromatic rings. The van der Waals surface area contributed by atoms with Crippen molar-refractivity contribution in [3.63, 3.8) is 0 Å². The largest absolute Gasteiger partial charge is 0.396 e. The van der Waals surface area contributed by atoms with Gasteiger partial charge in [-0.3, -0.25) is 4.57 Å². The lowest BCUT2D eigenvalue weighted by Gasteiger charge is -2.23. The molecule has 0 aliphatic carbocycles. The molecule has 0 unspecified atom stereocenters. The number of hydrogen-bond donors (Lipinski definition) is 1. The molecule has 0 radical (unpaired) electrons. The Labute approximate surface area is 140 Å². The van der Waals surface area contributed by atoms with Crippen LogP contribution in [0.25, 0.3) is 17.1 Å². The minimum atomic E-state index is 0.104. The highest BCUT2D eigenvalue weighted by atomic mass is 16.2. The van der Waals surface area contributed by atoms with Crippen LogP contribution in [0.4, 0.5) is 11.6 Å². The first-order valence-electron chi connectivity index (χ1n) is 8.11. The second-order valence-corrected chi connectivity index (χ2v) is 5.85. The van der Waals surface area contributed by atoms with Gasteiger partial charge in [-0.25, -0.2) is 15.0 Å². The lowest BCUT2D eigenvalue weighted by molar-refractivity contribution is 0.299. The zero-order valence-electron chi connectivity index (χ0n) is 13.8. The predicted octanol–water partition coefficient (Wildman–Crippen LogP) is 2.64. The molecule has 24 heavy (non-hydrogen) atoms. The quantitative estimate of drug-likeness (QED) is 0.803. The van der Waals surface area contributed by atoms with Crippen LogP contribution in [0.3, 0.4) is 0 Å². The fraction of sp³-hybridized carbons (Fsp3) is 0.278. The first-order valence-corrected chi connectivity index (χ1v) is 8.11. The van der Waals surface area contributed by atoms with Gasteiger partial charge in [-0.05, 0) is 43.5 Å². The second kappa shape index (κ2) is 5.72. The molecule has 0 saturated heterocycles. The van der Waals surface area contributed by atoms with Crippen molar-refractivity contribution in [2.45, 2.75) is 20.3 Å². The normalized spacial score (nSPS) is 12.4. The van der Waals surface area contributed by atoms with Crippen LogP contribution in [0.15, 0.2) is 36.9 Å². The summed E-state index contributed by atoms with van der Waals surface area (Å²) in [7, 11) is 0. The van der Waals surface area contributed by atoms with Crippen molar-refractivity contribution in [3.8, 4) is 17.1 Å². The Bertz CT molecular complexity index is 902. The Morgan fingerprint density at radius 2 is 2.00 bits per heavy atom. The van der Waals surface area contributed by atoms with E-state index in [0.29, 0.717) is 6.42 Å². The van der Waals surface area contributed by atoms with Crippen molar-refractivity contribution in [2.24, 2.45) is 0 Å². The van der Waals surface area contributed by atoms with E-state index in [9.17, 15) is 5.11 Å². The van der Waals surface area contributed by atoms with Crippen molar-refractivity contribution in [2.75, 3.05) is 18.1 Å². The average Bonchev–Trinajstić information content (AvgIpc) is 3.02.